The average Bonchev–Trinajstić information content (AvgIpc) is 2.18. The molecule has 0 aliphatic rings. The van der Waals surface area contributed by atoms with Crippen molar-refractivity contribution >= 4 is 11.6 Å². The van der Waals surface area contributed by atoms with Crippen LogP contribution in [-0.4, -0.2) is 11.6 Å². The molecule has 0 spiro atoms. The van der Waals surface area contributed by atoms with Gasteiger partial charge >= 0.3 is 0 Å². The van der Waals surface area contributed by atoms with E-state index in [4.69, 9.17) is 0 Å². The molecule has 0 bridgehead atoms. The number of hydrogen-bond acceptors (Lipinski definition) is 2. The summed E-state index contributed by atoms with van der Waals surface area (Å²) in [5.41, 5.74) is 1.17. The highest BCUT2D eigenvalue weighted by atomic mass is 16.1. The van der Waals surface area contributed by atoms with Gasteiger partial charge in [-0.15, -0.1) is 0 Å². The first-order chi connectivity index (χ1) is 7.11. The first-order valence-electron chi connectivity index (χ1n) is 5.16. The van der Waals surface area contributed by atoms with Gasteiger partial charge in [0.25, 0.3) is 0 Å². The Balaban J connectivity index is 2.55. The Hall–Kier alpha value is -1.44. The van der Waals surface area contributed by atoms with Crippen molar-refractivity contribution < 1.29 is 9.59 Å². The van der Waals surface area contributed by atoms with Crippen molar-refractivity contribution in [3.8, 4) is 0 Å². The minimum atomic E-state index is -0.426. The smallest absolute Gasteiger partial charge is 0.140 e. The van der Waals surface area contributed by atoms with Crippen LogP contribution in [0.5, 0.6) is 0 Å². The fourth-order valence-electron chi connectivity index (χ4n) is 1.65. The molecule has 0 aromatic heterocycles. The number of carbonyl (C=O) groups is 2. The van der Waals surface area contributed by atoms with Crippen LogP contribution in [0.3, 0.4) is 0 Å². The zero-order valence-electron chi connectivity index (χ0n) is 9.19. The lowest BCUT2D eigenvalue weighted by atomic mass is 9.93. The van der Waals surface area contributed by atoms with E-state index in [0.717, 1.165) is 6.42 Å². The van der Waals surface area contributed by atoms with Gasteiger partial charge in [0, 0.05) is 0 Å². The molecule has 15 heavy (non-hydrogen) atoms. The Kier molecular flexibility index (Phi) is 4.22. The van der Waals surface area contributed by atoms with Gasteiger partial charge in [-0.25, -0.2) is 0 Å². The van der Waals surface area contributed by atoms with Crippen molar-refractivity contribution in [3.63, 3.8) is 0 Å². The lowest BCUT2D eigenvalue weighted by molar-refractivity contribution is -0.130. The summed E-state index contributed by atoms with van der Waals surface area (Å²) in [5.74, 6) is -0.484. The molecule has 0 amide bonds. The lowest BCUT2D eigenvalue weighted by Crippen LogP contribution is -2.20. The Morgan fingerprint density at radius 3 is 2.07 bits per heavy atom. The summed E-state index contributed by atoms with van der Waals surface area (Å²) >= 11 is 0. The predicted octanol–water partition coefficient (Wildman–Crippen LogP) is 2.41. The maximum absolute atomic E-state index is 11.2. The third kappa shape index (κ3) is 3.66. The standard InChI is InChI=1S/C13H16O2/c1-10(14)13(11(2)15)9-8-12-6-4-3-5-7-12/h3-7,13H,8-9H2,1-2H3. The zero-order chi connectivity index (χ0) is 11.3. The number of ketones is 2. The molecule has 0 unspecified atom stereocenters. The van der Waals surface area contributed by atoms with Crippen LogP contribution in [0.4, 0.5) is 0 Å². The van der Waals surface area contributed by atoms with Crippen LogP contribution in [0.2, 0.25) is 0 Å². The van der Waals surface area contributed by atoms with E-state index >= 15 is 0 Å². The molecule has 0 aliphatic carbocycles. The fourth-order valence-corrected chi connectivity index (χ4v) is 1.65. The Bertz CT molecular complexity index is 327. The van der Waals surface area contributed by atoms with E-state index in [0.29, 0.717) is 6.42 Å². The van der Waals surface area contributed by atoms with E-state index in [9.17, 15) is 9.59 Å². The largest absolute Gasteiger partial charge is 0.299 e. The maximum atomic E-state index is 11.2. The predicted molar refractivity (Wildman–Crippen MR) is 59.6 cm³/mol. The average molecular weight is 204 g/mol. The maximum Gasteiger partial charge on any atom is 0.140 e. The number of carbonyl (C=O) groups excluding carboxylic acids is 2. The lowest BCUT2D eigenvalue weighted by Gasteiger charge is -2.09. The fraction of sp³-hybridized carbons (Fsp3) is 0.385. The quantitative estimate of drug-likeness (QED) is 0.690. The summed E-state index contributed by atoms with van der Waals surface area (Å²) < 4.78 is 0. The summed E-state index contributed by atoms with van der Waals surface area (Å²) in [6.07, 6.45) is 1.40. The van der Waals surface area contributed by atoms with Gasteiger partial charge in [0.15, 0.2) is 0 Å². The van der Waals surface area contributed by atoms with Crippen molar-refractivity contribution in [1.29, 1.82) is 0 Å². The molecule has 0 fully saturated rings. The zero-order valence-corrected chi connectivity index (χ0v) is 9.19. The Morgan fingerprint density at radius 1 is 1.07 bits per heavy atom. The number of benzene rings is 1. The molecule has 2 nitrogen and oxygen atoms in total. The van der Waals surface area contributed by atoms with Crippen LogP contribution >= 0.6 is 0 Å². The summed E-state index contributed by atoms with van der Waals surface area (Å²) in [6, 6.07) is 9.91. The van der Waals surface area contributed by atoms with Gasteiger partial charge in [-0.05, 0) is 32.3 Å². The second-order valence-corrected chi connectivity index (χ2v) is 3.80. The molecular weight excluding hydrogens is 188 g/mol. The SMILES string of the molecule is CC(=O)C(CCc1ccccc1)C(C)=O. The van der Waals surface area contributed by atoms with Crippen molar-refractivity contribution in [2.45, 2.75) is 26.7 Å². The molecule has 0 heterocycles. The van der Waals surface area contributed by atoms with Gasteiger partial charge in [0.1, 0.15) is 11.6 Å². The molecule has 0 aliphatic heterocycles. The molecule has 1 aromatic carbocycles. The molecule has 1 rings (SSSR count). The molecule has 80 valence electrons. The summed E-state index contributed by atoms with van der Waals surface area (Å²) in [6.45, 7) is 2.97. The number of Topliss-reactive ketones (excluding diaryl/α,β-unsaturated/α-hetero) is 2. The van der Waals surface area contributed by atoms with Gasteiger partial charge in [-0.1, -0.05) is 30.3 Å². The molecule has 0 radical (unpaired) electrons. The van der Waals surface area contributed by atoms with Crippen molar-refractivity contribution in [3.05, 3.63) is 35.9 Å². The highest BCUT2D eigenvalue weighted by Crippen LogP contribution is 2.11. The van der Waals surface area contributed by atoms with Crippen LogP contribution < -0.4 is 0 Å². The highest BCUT2D eigenvalue weighted by molar-refractivity contribution is 6.00. The van der Waals surface area contributed by atoms with E-state index in [-0.39, 0.29) is 11.6 Å². The second kappa shape index (κ2) is 5.44. The van der Waals surface area contributed by atoms with Gasteiger partial charge in [0.05, 0.1) is 5.92 Å². The van der Waals surface area contributed by atoms with Crippen LogP contribution in [0, 0.1) is 5.92 Å². The monoisotopic (exact) mass is 204 g/mol. The van der Waals surface area contributed by atoms with Crippen molar-refractivity contribution in [1.82, 2.24) is 0 Å². The first-order valence-corrected chi connectivity index (χ1v) is 5.16. The van der Waals surface area contributed by atoms with E-state index in [2.05, 4.69) is 0 Å². The highest BCUT2D eigenvalue weighted by Gasteiger charge is 2.18. The molecular formula is C13H16O2. The van der Waals surface area contributed by atoms with E-state index in [1.165, 1.54) is 19.4 Å². The van der Waals surface area contributed by atoms with Gasteiger partial charge in [-0.3, -0.25) is 9.59 Å². The van der Waals surface area contributed by atoms with E-state index < -0.39 is 5.92 Å². The second-order valence-electron chi connectivity index (χ2n) is 3.80. The first kappa shape index (κ1) is 11.6. The van der Waals surface area contributed by atoms with E-state index in [1.54, 1.807) is 0 Å². The van der Waals surface area contributed by atoms with Crippen molar-refractivity contribution in [2.24, 2.45) is 5.92 Å². The van der Waals surface area contributed by atoms with Gasteiger partial charge in [0.2, 0.25) is 0 Å². The molecule has 1 aromatic rings. The van der Waals surface area contributed by atoms with Crippen LogP contribution in [0.1, 0.15) is 25.8 Å². The minimum Gasteiger partial charge on any atom is -0.299 e. The summed E-state index contributed by atoms with van der Waals surface area (Å²) in [7, 11) is 0. The molecule has 0 atom stereocenters. The third-order valence-electron chi connectivity index (χ3n) is 2.55. The molecule has 0 saturated carbocycles. The molecule has 0 N–H and O–H groups in total. The summed E-state index contributed by atoms with van der Waals surface area (Å²) in [4.78, 5) is 22.4. The summed E-state index contributed by atoms with van der Waals surface area (Å²) in [5, 5.41) is 0. The number of rotatable bonds is 5. The van der Waals surface area contributed by atoms with Gasteiger partial charge < -0.3 is 0 Å². The van der Waals surface area contributed by atoms with Crippen LogP contribution in [-0.2, 0) is 16.0 Å². The normalized spacial score (nSPS) is 10.3. The van der Waals surface area contributed by atoms with Crippen LogP contribution in [0.25, 0.3) is 0 Å². The third-order valence-corrected chi connectivity index (χ3v) is 2.55. The minimum absolute atomic E-state index is 0.0292. The van der Waals surface area contributed by atoms with E-state index in [1.807, 2.05) is 30.3 Å². The number of hydrogen-bond donors (Lipinski definition) is 0. The molecule has 2 heteroatoms. The Morgan fingerprint density at radius 2 is 1.60 bits per heavy atom. The van der Waals surface area contributed by atoms with Gasteiger partial charge in [-0.2, -0.15) is 0 Å². The topological polar surface area (TPSA) is 34.1 Å². The Labute approximate surface area is 90.3 Å². The van der Waals surface area contributed by atoms with Crippen molar-refractivity contribution in [2.75, 3.05) is 0 Å². The molecule has 0 saturated heterocycles. The van der Waals surface area contributed by atoms with Crippen LogP contribution in [0.15, 0.2) is 30.3 Å². The number of aryl methyl sites for hydroxylation is 1.